The molecular weight excluding hydrogens is 300 g/mol. The average Bonchev–Trinajstić information content (AvgIpc) is 2.54. The third kappa shape index (κ3) is 11.4. The van der Waals surface area contributed by atoms with Gasteiger partial charge in [-0.25, -0.2) is 0 Å². The second-order valence-corrected chi connectivity index (χ2v) is 6.63. The highest BCUT2D eigenvalue weighted by atomic mass is 16.5. The number of carbonyl (C=O) groups is 2. The molecule has 0 rings (SSSR count). The van der Waals surface area contributed by atoms with Gasteiger partial charge in [-0.15, -0.1) is 0 Å². The van der Waals surface area contributed by atoms with Crippen molar-refractivity contribution in [1.29, 1.82) is 0 Å². The van der Waals surface area contributed by atoms with E-state index in [0.29, 0.717) is 13.0 Å². The summed E-state index contributed by atoms with van der Waals surface area (Å²) in [6, 6.07) is 0. The SMILES string of the molecule is CCCCCCC(=CCC(C(C)=O)C(=O)OCC)CCCCCC. The van der Waals surface area contributed by atoms with Crippen molar-refractivity contribution < 1.29 is 14.3 Å². The molecule has 0 spiro atoms. The third-order valence-corrected chi connectivity index (χ3v) is 4.41. The van der Waals surface area contributed by atoms with Crippen LogP contribution in [0.3, 0.4) is 0 Å². The van der Waals surface area contributed by atoms with Crippen LogP contribution in [-0.4, -0.2) is 18.4 Å². The van der Waals surface area contributed by atoms with E-state index in [1.165, 1.54) is 63.9 Å². The molecule has 0 aromatic rings. The van der Waals surface area contributed by atoms with Crippen LogP contribution in [0.2, 0.25) is 0 Å². The van der Waals surface area contributed by atoms with E-state index in [1.807, 2.05) is 0 Å². The number of hydrogen-bond donors (Lipinski definition) is 0. The number of Topliss-reactive ketones (excluding diaryl/α,β-unsaturated/α-hetero) is 1. The molecule has 0 aromatic heterocycles. The van der Waals surface area contributed by atoms with Gasteiger partial charge in [-0.3, -0.25) is 9.59 Å². The standard InChI is InChI=1S/C21H38O3/c1-5-8-10-12-14-19(15-13-11-9-6-2)16-17-20(18(4)22)21(23)24-7-3/h16,20H,5-15,17H2,1-4H3. The van der Waals surface area contributed by atoms with Gasteiger partial charge in [-0.05, 0) is 46.0 Å². The summed E-state index contributed by atoms with van der Waals surface area (Å²) in [5.74, 6) is -1.11. The quantitative estimate of drug-likeness (QED) is 0.159. The predicted octanol–water partition coefficient (Wildman–Crippen LogP) is 6.01. The Labute approximate surface area is 149 Å². The highest BCUT2D eigenvalue weighted by Crippen LogP contribution is 2.20. The molecule has 0 fully saturated rings. The Bertz CT molecular complexity index is 357. The molecule has 0 heterocycles. The van der Waals surface area contributed by atoms with E-state index in [0.717, 1.165) is 12.8 Å². The first kappa shape index (κ1) is 22.9. The fraction of sp³-hybridized carbons (Fsp3) is 0.810. The van der Waals surface area contributed by atoms with Crippen molar-refractivity contribution in [2.24, 2.45) is 5.92 Å². The zero-order valence-electron chi connectivity index (χ0n) is 16.4. The summed E-state index contributed by atoms with van der Waals surface area (Å²) in [7, 11) is 0. The third-order valence-electron chi connectivity index (χ3n) is 4.41. The number of ether oxygens (including phenoxy) is 1. The lowest BCUT2D eigenvalue weighted by Gasteiger charge is -2.13. The van der Waals surface area contributed by atoms with Gasteiger partial charge in [0.1, 0.15) is 11.7 Å². The number of allylic oxidation sites excluding steroid dienone is 2. The van der Waals surface area contributed by atoms with Crippen molar-refractivity contribution in [3.8, 4) is 0 Å². The molecule has 1 unspecified atom stereocenters. The Morgan fingerprint density at radius 2 is 1.42 bits per heavy atom. The van der Waals surface area contributed by atoms with Gasteiger partial charge in [-0.2, -0.15) is 0 Å². The number of carbonyl (C=O) groups excluding carboxylic acids is 2. The van der Waals surface area contributed by atoms with Crippen LogP contribution in [0.4, 0.5) is 0 Å². The van der Waals surface area contributed by atoms with Crippen molar-refractivity contribution >= 4 is 11.8 Å². The summed E-state index contributed by atoms with van der Waals surface area (Å²) in [5, 5.41) is 0. The summed E-state index contributed by atoms with van der Waals surface area (Å²) >= 11 is 0. The monoisotopic (exact) mass is 338 g/mol. The molecule has 140 valence electrons. The first-order valence-electron chi connectivity index (χ1n) is 9.91. The van der Waals surface area contributed by atoms with E-state index in [9.17, 15) is 9.59 Å². The van der Waals surface area contributed by atoms with Crippen LogP contribution in [0.25, 0.3) is 0 Å². The maximum absolute atomic E-state index is 11.9. The van der Waals surface area contributed by atoms with Gasteiger partial charge >= 0.3 is 5.97 Å². The maximum atomic E-state index is 11.9. The highest BCUT2D eigenvalue weighted by Gasteiger charge is 2.23. The Balaban J connectivity index is 4.64. The normalized spacial score (nSPS) is 11.8. The van der Waals surface area contributed by atoms with Crippen LogP contribution < -0.4 is 0 Å². The number of rotatable bonds is 15. The lowest BCUT2D eigenvalue weighted by molar-refractivity contribution is -0.150. The van der Waals surface area contributed by atoms with Crippen LogP contribution in [0.1, 0.15) is 98.3 Å². The molecule has 24 heavy (non-hydrogen) atoms. The molecular formula is C21H38O3. The largest absolute Gasteiger partial charge is 0.465 e. The van der Waals surface area contributed by atoms with Crippen LogP contribution >= 0.6 is 0 Å². The Kier molecular flexibility index (Phi) is 14.7. The molecule has 1 atom stereocenters. The topological polar surface area (TPSA) is 43.4 Å². The zero-order valence-corrected chi connectivity index (χ0v) is 16.4. The van der Waals surface area contributed by atoms with Crippen molar-refractivity contribution in [1.82, 2.24) is 0 Å². The molecule has 0 amide bonds. The maximum Gasteiger partial charge on any atom is 0.316 e. The smallest absolute Gasteiger partial charge is 0.316 e. The van der Waals surface area contributed by atoms with E-state index in [4.69, 9.17) is 4.74 Å². The molecule has 3 heteroatoms. The summed E-state index contributed by atoms with van der Waals surface area (Å²) in [4.78, 5) is 23.7. The predicted molar refractivity (Wildman–Crippen MR) is 101 cm³/mol. The molecule has 0 aromatic carbocycles. The van der Waals surface area contributed by atoms with Crippen LogP contribution in [0, 0.1) is 5.92 Å². The Hall–Kier alpha value is -1.12. The molecule has 0 aliphatic rings. The summed E-state index contributed by atoms with van der Waals surface area (Å²) in [6.45, 7) is 8.03. The fourth-order valence-electron chi connectivity index (χ4n) is 2.84. The first-order valence-corrected chi connectivity index (χ1v) is 9.91. The van der Waals surface area contributed by atoms with E-state index in [2.05, 4.69) is 19.9 Å². The number of unbranched alkanes of at least 4 members (excludes halogenated alkanes) is 6. The molecule has 0 radical (unpaired) electrons. The van der Waals surface area contributed by atoms with Gasteiger partial charge < -0.3 is 4.74 Å². The van der Waals surface area contributed by atoms with E-state index >= 15 is 0 Å². The molecule has 0 saturated heterocycles. The molecule has 0 saturated carbocycles. The molecule has 0 aliphatic carbocycles. The van der Waals surface area contributed by atoms with Gasteiger partial charge in [0.05, 0.1) is 6.61 Å². The Morgan fingerprint density at radius 3 is 1.83 bits per heavy atom. The summed E-state index contributed by atoms with van der Waals surface area (Å²) in [5.41, 5.74) is 1.41. The Morgan fingerprint density at radius 1 is 0.875 bits per heavy atom. The average molecular weight is 339 g/mol. The number of ketones is 1. The van der Waals surface area contributed by atoms with Gasteiger partial charge in [0.25, 0.3) is 0 Å². The van der Waals surface area contributed by atoms with E-state index in [1.54, 1.807) is 6.92 Å². The summed E-state index contributed by atoms with van der Waals surface area (Å²) < 4.78 is 5.03. The first-order chi connectivity index (χ1) is 11.6. The lowest BCUT2D eigenvalue weighted by Crippen LogP contribution is -2.23. The van der Waals surface area contributed by atoms with Gasteiger partial charge in [0.2, 0.25) is 0 Å². The number of hydrogen-bond acceptors (Lipinski definition) is 3. The van der Waals surface area contributed by atoms with Gasteiger partial charge in [0, 0.05) is 0 Å². The second kappa shape index (κ2) is 15.4. The highest BCUT2D eigenvalue weighted by molar-refractivity contribution is 5.97. The lowest BCUT2D eigenvalue weighted by atomic mass is 9.95. The van der Waals surface area contributed by atoms with Gasteiger partial charge in [-0.1, -0.05) is 64.0 Å². The fourth-order valence-corrected chi connectivity index (χ4v) is 2.84. The molecule has 0 bridgehead atoms. The van der Waals surface area contributed by atoms with Gasteiger partial charge in [0.15, 0.2) is 0 Å². The van der Waals surface area contributed by atoms with Crippen LogP contribution in [0.5, 0.6) is 0 Å². The van der Waals surface area contributed by atoms with Crippen molar-refractivity contribution in [2.45, 2.75) is 98.3 Å². The minimum absolute atomic E-state index is 0.0963. The zero-order chi connectivity index (χ0) is 18.2. The molecule has 0 N–H and O–H groups in total. The minimum Gasteiger partial charge on any atom is -0.465 e. The minimum atomic E-state index is -0.633. The molecule has 3 nitrogen and oxygen atoms in total. The second-order valence-electron chi connectivity index (χ2n) is 6.63. The van der Waals surface area contributed by atoms with Crippen molar-refractivity contribution in [3.63, 3.8) is 0 Å². The van der Waals surface area contributed by atoms with E-state index in [-0.39, 0.29) is 11.8 Å². The summed E-state index contributed by atoms with van der Waals surface area (Å²) in [6.07, 6.45) is 14.8. The molecule has 0 aliphatic heterocycles. The van der Waals surface area contributed by atoms with Crippen molar-refractivity contribution in [2.75, 3.05) is 6.61 Å². The number of esters is 1. The van der Waals surface area contributed by atoms with Crippen molar-refractivity contribution in [3.05, 3.63) is 11.6 Å². The van der Waals surface area contributed by atoms with E-state index < -0.39 is 5.92 Å². The van der Waals surface area contributed by atoms with Crippen LogP contribution in [-0.2, 0) is 14.3 Å². The van der Waals surface area contributed by atoms with Crippen LogP contribution in [0.15, 0.2) is 11.6 Å².